The highest BCUT2D eigenvalue weighted by molar-refractivity contribution is 5.99. The number of anilines is 1. The fourth-order valence-electron chi connectivity index (χ4n) is 3.26. The molecule has 132 valence electrons. The maximum Gasteiger partial charge on any atom is 0.249 e. The lowest BCUT2D eigenvalue weighted by molar-refractivity contribution is -0.139. The first kappa shape index (κ1) is 17.2. The monoisotopic (exact) mass is 340 g/mol. The van der Waals surface area contributed by atoms with Gasteiger partial charge in [0, 0.05) is 44.6 Å². The maximum absolute atomic E-state index is 12.9. The molecule has 1 atom stereocenters. The molecule has 1 fully saturated rings. The largest absolute Gasteiger partial charge is 0.334 e. The van der Waals surface area contributed by atoms with Crippen molar-refractivity contribution in [1.82, 2.24) is 14.7 Å². The molecule has 1 saturated heterocycles. The number of para-hydroxylation sites is 1. The third kappa shape index (κ3) is 4.07. The Hall–Kier alpha value is -2.63. The molecule has 1 aliphatic heterocycles. The summed E-state index contributed by atoms with van der Waals surface area (Å²) in [6.45, 7) is 1.42. The molecule has 6 heteroatoms. The fraction of sp³-hybridized carbons (Fsp3) is 0.421. The maximum atomic E-state index is 12.9. The summed E-state index contributed by atoms with van der Waals surface area (Å²) in [6, 6.07) is 11.2. The fourth-order valence-corrected chi connectivity index (χ4v) is 3.26. The lowest BCUT2D eigenvalue weighted by atomic mass is 10.0. The number of benzene rings is 1. The Bertz CT molecular complexity index is 699. The number of rotatable bonds is 6. The number of piperidine rings is 1. The number of likely N-dealkylation sites (N-methyl/N-ethyl adjacent to an activating group) is 1. The van der Waals surface area contributed by atoms with Crippen LogP contribution in [0.3, 0.4) is 0 Å². The third-order valence-corrected chi connectivity index (χ3v) is 4.68. The summed E-state index contributed by atoms with van der Waals surface area (Å²) in [5, 5.41) is 4.13. The molecule has 3 rings (SSSR count). The van der Waals surface area contributed by atoms with Gasteiger partial charge in [0.05, 0.1) is 0 Å². The van der Waals surface area contributed by atoms with E-state index in [9.17, 15) is 9.59 Å². The smallest absolute Gasteiger partial charge is 0.249 e. The molecular formula is C19H24N4O2. The summed E-state index contributed by atoms with van der Waals surface area (Å²) >= 11 is 0. The zero-order chi connectivity index (χ0) is 17.6. The Balaban J connectivity index is 1.57. The molecule has 1 aromatic heterocycles. The average molecular weight is 340 g/mol. The van der Waals surface area contributed by atoms with Crippen molar-refractivity contribution in [2.75, 3.05) is 18.5 Å². The van der Waals surface area contributed by atoms with E-state index in [0.717, 1.165) is 18.5 Å². The molecule has 0 unspecified atom stereocenters. The Morgan fingerprint density at radius 3 is 2.80 bits per heavy atom. The van der Waals surface area contributed by atoms with Crippen molar-refractivity contribution >= 4 is 17.5 Å². The second kappa shape index (κ2) is 7.96. The van der Waals surface area contributed by atoms with Gasteiger partial charge in [-0.2, -0.15) is 5.10 Å². The van der Waals surface area contributed by atoms with Crippen molar-refractivity contribution in [3.8, 4) is 0 Å². The Labute approximate surface area is 148 Å². The van der Waals surface area contributed by atoms with E-state index in [1.807, 2.05) is 47.3 Å². The van der Waals surface area contributed by atoms with E-state index in [1.54, 1.807) is 23.0 Å². The summed E-state index contributed by atoms with van der Waals surface area (Å²) in [6.07, 6.45) is 6.38. The van der Waals surface area contributed by atoms with Crippen LogP contribution in [0, 0.1) is 0 Å². The number of hydrogen-bond donors (Lipinski definition) is 0. The van der Waals surface area contributed by atoms with E-state index in [2.05, 4.69) is 5.10 Å². The number of carbonyl (C=O) groups is 2. The summed E-state index contributed by atoms with van der Waals surface area (Å²) in [4.78, 5) is 28.8. The molecule has 0 spiro atoms. The van der Waals surface area contributed by atoms with Gasteiger partial charge >= 0.3 is 0 Å². The molecule has 2 heterocycles. The number of aromatic nitrogens is 2. The lowest BCUT2D eigenvalue weighted by Crippen LogP contribution is -2.53. The van der Waals surface area contributed by atoms with E-state index in [1.165, 1.54) is 0 Å². The zero-order valence-electron chi connectivity index (χ0n) is 14.5. The molecule has 0 saturated carbocycles. The summed E-state index contributed by atoms with van der Waals surface area (Å²) in [7, 11) is 1.74. The Morgan fingerprint density at radius 1 is 1.28 bits per heavy atom. The molecule has 1 aliphatic rings. The molecule has 25 heavy (non-hydrogen) atoms. The SMILES string of the molecule is CN(C(=O)CCCn1cccn1)[C@@H]1CCCN(c2ccccc2)C1=O. The second-order valence-corrected chi connectivity index (χ2v) is 6.36. The van der Waals surface area contributed by atoms with Crippen LogP contribution in [0.5, 0.6) is 0 Å². The number of amides is 2. The normalized spacial score (nSPS) is 17.6. The minimum Gasteiger partial charge on any atom is -0.334 e. The van der Waals surface area contributed by atoms with Gasteiger partial charge in [-0.25, -0.2) is 0 Å². The van der Waals surface area contributed by atoms with E-state index in [-0.39, 0.29) is 17.9 Å². The molecule has 2 aromatic rings. The van der Waals surface area contributed by atoms with Crippen LogP contribution in [0.1, 0.15) is 25.7 Å². The number of nitrogens with zero attached hydrogens (tertiary/aromatic N) is 4. The van der Waals surface area contributed by atoms with Crippen LogP contribution in [0.2, 0.25) is 0 Å². The predicted molar refractivity (Wildman–Crippen MR) is 96.0 cm³/mol. The van der Waals surface area contributed by atoms with E-state index in [4.69, 9.17) is 0 Å². The highest BCUT2D eigenvalue weighted by Gasteiger charge is 2.34. The highest BCUT2D eigenvalue weighted by Crippen LogP contribution is 2.23. The minimum absolute atomic E-state index is 0.0142. The van der Waals surface area contributed by atoms with Crippen molar-refractivity contribution in [1.29, 1.82) is 0 Å². The van der Waals surface area contributed by atoms with E-state index >= 15 is 0 Å². The first-order valence-corrected chi connectivity index (χ1v) is 8.76. The summed E-state index contributed by atoms with van der Waals surface area (Å²) < 4.78 is 1.82. The minimum atomic E-state index is -0.369. The van der Waals surface area contributed by atoms with Gasteiger partial charge in [-0.1, -0.05) is 18.2 Å². The van der Waals surface area contributed by atoms with Gasteiger partial charge in [-0.15, -0.1) is 0 Å². The third-order valence-electron chi connectivity index (χ3n) is 4.68. The molecule has 0 N–H and O–H groups in total. The van der Waals surface area contributed by atoms with Gasteiger partial charge < -0.3 is 9.80 Å². The molecule has 6 nitrogen and oxygen atoms in total. The van der Waals surface area contributed by atoms with E-state index < -0.39 is 0 Å². The van der Waals surface area contributed by atoms with Gasteiger partial charge in [-0.05, 0) is 37.5 Å². The average Bonchev–Trinajstić information content (AvgIpc) is 3.15. The van der Waals surface area contributed by atoms with E-state index in [0.29, 0.717) is 25.9 Å². The number of hydrogen-bond acceptors (Lipinski definition) is 3. The highest BCUT2D eigenvalue weighted by atomic mass is 16.2. The molecule has 2 amide bonds. The van der Waals surface area contributed by atoms with Gasteiger partial charge in [0.2, 0.25) is 11.8 Å². The standard InChI is InChI=1S/C19H24N4O2/c1-21(18(24)11-6-13-22-14-7-12-20-22)17-10-5-15-23(19(17)25)16-8-3-2-4-9-16/h2-4,7-9,12,14,17H,5-6,10-11,13,15H2,1H3/t17-/m1/s1. The quantitative estimate of drug-likeness (QED) is 0.811. The van der Waals surface area contributed by atoms with Crippen LogP contribution in [-0.4, -0.2) is 46.1 Å². The van der Waals surface area contributed by atoms with Crippen molar-refractivity contribution in [2.45, 2.75) is 38.3 Å². The number of aryl methyl sites for hydroxylation is 1. The van der Waals surface area contributed by atoms with Gasteiger partial charge in [0.1, 0.15) is 6.04 Å². The van der Waals surface area contributed by atoms with Crippen molar-refractivity contribution in [2.24, 2.45) is 0 Å². The molecule has 0 radical (unpaired) electrons. The first-order chi connectivity index (χ1) is 12.2. The topological polar surface area (TPSA) is 58.4 Å². The molecule has 0 bridgehead atoms. The molecule has 1 aromatic carbocycles. The first-order valence-electron chi connectivity index (χ1n) is 8.76. The zero-order valence-corrected chi connectivity index (χ0v) is 14.5. The van der Waals surface area contributed by atoms with Crippen LogP contribution >= 0.6 is 0 Å². The predicted octanol–water partition coefficient (Wildman–Crippen LogP) is 2.32. The number of carbonyl (C=O) groups excluding carboxylic acids is 2. The van der Waals surface area contributed by atoms with Crippen molar-refractivity contribution in [3.05, 3.63) is 48.8 Å². The molecular weight excluding hydrogens is 316 g/mol. The lowest BCUT2D eigenvalue weighted by Gasteiger charge is -2.37. The summed E-state index contributed by atoms with van der Waals surface area (Å²) in [5.41, 5.74) is 0.900. The Morgan fingerprint density at radius 2 is 2.08 bits per heavy atom. The van der Waals surface area contributed by atoms with Crippen LogP contribution in [0.15, 0.2) is 48.8 Å². The van der Waals surface area contributed by atoms with Gasteiger partial charge in [0.25, 0.3) is 0 Å². The van der Waals surface area contributed by atoms with Crippen LogP contribution in [0.4, 0.5) is 5.69 Å². The molecule has 0 aliphatic carbocycles. The second-order valence-electron chi connectivity index (χ2n) is 6.36. The van der Waals surface area contributed by atoms with Crippen molar-refractivity contribution < 1.29 is 9.59 Å². The van der Waals surface area contributed by atoms with Crippen LogP contribution in [0.25, 0.3) is 0 Å². The van der Waals surface area contributed by atoms with Crippen LogP contribution in [-0.2, 0) is 16.1 Å². The summed E-state index contributed by atoms with van der Waals surface area (Å²) in [5.74, 6) is 0.0285. The van der Waals surface area contributed by atoms with Gasteiger partial charge in [0.15, 0.2) is 0 Å². The van der Waals surface area contributed by atoms with Crippen LogP contribution < -0.4 is 4.90 Å². The Kier molecular flexibility index (Phi) is 5.48. The van der Waals surface area contributed by atoms with Crippen molar-refractivity contribution in [3.63, 3.8) is 0 Å². The van der Waals surface area contributed by atoms with Gasteiger partial charge in [-0.3, -0.25) is 14.3 Å².